The van der Waals surface area contributed by atoms with Gasteiger partial charge in [-0.1, -0.05) is 54.1 Å². The third kappa shape index (κ3) is 6.34. The Kier molecular flexibility index (Phi) is 8.04. The van der Waals surface area contributed by atoms with Crippen LogP contribution in [0.25, 0.3) is 6.08 Å². The molecule has 1 N–H and O–H groups in total. The molecular formula is C28H26N2O3. The number of ether oxygens (including phenoxy) is 2. The fourth-order valence-electron chi connectivity index (χ4n) is 3.27. The van der Waals surface area contributed by atoms with Crippen molar-refractivity contribution in [1.29, 1.82) is 5.26 Å². The zero-order valence-electron chi connectivity index (χ0n) is 18.8. The van der Waals surface area contributed by atoms with Crippen LogP contribution in [0.2, 0.25) is 0 Å². The van der Waals surface area contributed by atoms with Gasteiger partial charge in [-0.05, 0) is 54.8 Å². The second-order valence-corrected chi connectivity index (χ2v) is 7.47. The van der Waals surface area contributed by atoms with Crippen molar-refractivity contribution < 1.29 is 14.3 Å². The number of nitrogens with one attached hydrogen (secondary N) is 1. The van der Waals surface area contributed by atoms with Gasteiger partial charge in [0.2, 0.25) is 0 Å². The lowest BCUT2D eigenvalue weighted by Gasteiger charge is -2.16. The van der Waals surface area contributed by atoms with Crippen LogP contribution in [0.5, 0.6) is 11.5 Å². The van der Waals surface area contributed by atoms with E-state index < -0.39 is 5.91 Å². The number of allylic oxidation sites excluding steroid dienone is 1. The highest BCUT2D eigenvalue weighted by Gasteiger charge is 2.15. The summed E-state index contributed by atoms with van der Waals surface area (Å²) in [5, 5.41) is 12.3. The van der Waals surface area contributed by atoms with E-state index in [-0.39, 0.29) is 5.57 Å². The number of benzene rings is 3. The number of nitrogens with zero attached hydrogens (tertiary/aromatic N) is 1. The summed E-state index contributed by atoms with van der Waals surface area (Å²) in [5.74, 6) is 0.656. The monoisotopic (exact) mass is 438 g/mol. The van der Waals surface area contributed by atoms with Crippen LogP contribution in [0.3, 0.4) is 0 Å². The summed E-state index contributed by atoms with van der Waals surface area (Å²) < 4.78 is 11.7. The first kappa shape index (κ1) is 23.4. The van der Waals surface area contributed by atoms with Crippen molar-refractivity contribution >= 4 is 17.7 Å². The molecule has 0 atom stereocenters. The van der Waals surface area contributed by atoms with Crippen LogP contribution in [0.1, 0.15) is 22.3 Å². The van der Waals surface area contributed by atoms with Crippen LogP contribution in [-0.4, -0.2) is 13.0 Å². The van der Waals surface area contributed by atoms with Gasteiger partial charge in [0.25, 0.3) is 5.91 Å². The second kappa shape index (κ2) is 11.4. The molecule has 166 valence electrons. The molecule has 0 fully saturated rings. The zero-order valence-corrected chi connectivity index (χ0v) is 18.8. The largest absolute Gasteiger partial charge is 0.493 e. The van der Waals surface area contributed by atoms with Gasteiger partial charge in [-0.3, -0.25) is 4.79 Å². The van der Waals surface area contributed by atoms with E-state index in [0.29, 0.717) is 35.8 Å². The van der Waals surface area contributed by atoms with Crippen LogP contribution in [-0.2, 0) is 17.8 Å². The van der Waals surface area contributed by atoms with Crippen molar-refractivity contribution in [2.45, 2.75) is 20.0 Å². The van der Waals surface area contributed by atoms with Crippen LogP contribution >= 0.6 is 0 Å². The van der Waals surface area contributed by atoms with E-state index in [1.54, 1.807) is 37.5 Å². The first-order valence-electron chi connectivity index (χ1n) is 10.5. The predicted molar refractivity (Wildman–Crippen MR) is 131 cm³/mol. The molecule has 0 aromatic heterocycles. The molecule has 1 amide bonds. The standard InChI is InChI=1S/C28H26N2O3/c1-4-8-23-15-22(16-24(18-29)28(31)30-25-13-11-20(2)12-14-25)17-26(32-3)27(23)33-19-21-9-6-5-7-10-21/h4-7,9-17H,1,8,19H2,2-3H3,(H,30,31)/b24-16-. The predicted octanol–water partition coefficient (Wildman–Crippen LogP) is 5.86. The quantitative estimate of drug-likeness (QED) is 0.258. The lowest BCUT2D eigenvalue weighted by Crippen LogP contribution is -2.13. The highest BCUT2D eigenvalue weighted by molar-refractivity contribution is 6.09. The minimum absolute atomic E-state index is 0.0138. The number of hydrogen-bond donors (Lipinski definition) is 1. The molecule has 0 unspecified atom stereocenters. The molecule has 3 rings (SSSR count). The van der Waals surface area contributed by atoms with Gasteiger partial charge in [0.15, 0.2) is 11.5 Å². The lowest BCUT2D eigenvalue weighted by atomic mass is 10.0. The molecule has 5 heteroatoms. The summed E-state index contributed by atoms with van der Waals surface area (Å²) in [7, 11) is 1.56. The molecule has 0 radical (unpaired) electrons. The summed E-state index contributed by atoms with van der Waals surface area (Å²) in [6, 6.07) is 22.9. The maximum absolute atomic E-state index is 12.7. The number of amides is 1. The van der Waals surface area contributed by atoms with Gasteiger partial charge in [-0.2, -0.15) is 5.26 Å². The van der Waals surface area contributed by atoms with Crippen molar-refractivity contribution in [1.82, 2.24) is 0 Å². The van der Waals surface area contributed by atoms with Crippen molar-refractivity contribution in [2.75, 3.05) is 12.4 Å². The number of hydrogen-bond acceptors (Lipinski definition) is 4. The Labute approximate surface area is 194 Å². The minimum Gasteiger partial charge on any atom is -0.493 e. The fourth-order valence-corrected chi connectivity index (χ4v) is 3.27. The molecule has 0 saturated carbocycles. The van der Waals surface area contributed by atoms with Gasteiger partial charge in [0, 0.05) is 11.3 Å². The first-order chi connectivity index (χ1) is 16.0. The van der Waals surface area contributed by atoms with Gasteiger partial charge in [-0.15, -0.1) is 6.58 Å². The summed E-state index contributed by atoms with van der Waals surface area (Å²) in [4.78, 5) is 12.7. The Morgan fingerprint density at radius 3 is 2.48 bits per heavy atom. The maximum Gasteiger partial charge on any atom is 0.266 e. The van der Waals surface area contributed by atoms with E-state index in [0.717, 1.165) is 16.7 Å². The maximum atomic E-state index is 12.7. The number of carbonyl (C=O) groups is 1. The number of carbonyl (C=O) groups excluding carboxylic acids is 1. The van der Waals surface area contributed by atoms with E-state index in [1.165, 1.54) is 0 Å². The third-order valence-corrected chi connectivity index (χ3v) is 4.95. The molecule has 0 spiro atoms. The van der Waals surface area contributed by atoms with Crippen LogP contribution < -0.4 is 14.8 Å². The highest BCUT2D eigenvalue weighted by atomic mass is 16.5. The van der Waals surface area contributed by atoms with E-state index in [9.17, 15) is 10.1 Å². The average Bonchev–Trinajstić information content (AvgIpc) is 2.83. The summed E-state index contributed by atoms with van der Waals surface area (Å²) >= 11 is 0. The SMILES string of the molecule is C=CCc1cc(/C=C(/C#N)C(=O)Nc2ccc(C)cc2)cc(OC)c1OCc1ccccc1. The highest BCUT2D eigenvalue weighted by Crippen LogP contribution is 2.35. The van der Waals surface area contributed by atoms with E-state index in [4.69, 9.17) is 9.47 Å². The molecule has 0 heterocycles. The smallest absolute Gasteiger partial charge is 0.266 e. The molecule has 0 saturated heterocycles. The molecule has 3 aromatic carbocycles. The van der Waals surface area contributed by atoms with Gasteiger partial charge >= 0.3 is 0 Å². The number of nitriles is 1. The van der Waals surface area contributed by atoms with E-state index in [2.05, 4.69) is 11.9 Å². The Balaban J connectivity index is 1.89. The Morgan fingerprint density at radius 1 is 1.12 bits per heavy atom. The molecule has 33 heavy (non-hydrogen) atoms. The van der Waals surface area contributed by atoms with Crippen molar-refractivity contribution in [3.8, 4) is 17.6 Å². The molecule has 0 aliphatic rings. The second-order valence-electron chi connectivity index (χ2n) is 7.47. The molecule has 0 aliphatic heterocycles. The fraction of sp³-hybridized carbons (Fsp3) is 0.143. The van der Waals surface area contributed by atoms with E-state index >= 15 is 0 Å². The summed E-state index contributed by atoms with van der Waals surface area (Å²) in [6.07, 6.45) is 3.85. The number of aryl methyl sites for hydroxylation is 1. The molecular weight excluding hydrogens is 412 g/mol. The van der Waals surface area contributed by atoms with Crippen molar-refractivity contribution in [3.63, 3.8) is 0 Å². The van der Waals surface area contributed by atoms with Crippen LogP contribution in [0, 0.1) is 18.3 Å². The topological polar surface area (TPSA) is 71.4 Å². The Bertz CT molecular complexity index is 1190. The number of anilines is 1. The van der Waals surface area contributed by atoms with Crippen molar-refractivity contribution in [3.05, 3.63) is 107 Å². The Morgan fingerprint density at radius 2 is 1.85 bits per heavy atom. The van der Waals surface area contributed by atoms with Gasteiger partial charge in [-0.25, -0.2) is 0 Å². The lowest BCUT2D eigenvalue weighted by molar-refractivity contribution is -0.112. The van der Waals surface area contributed by atoms with Gasteiger partial charge in [0.1, 0.15) is 18.2 Å². The number of rotatable bonds is 9. The average molecular weight is 439 g/mol. The first-order valence-corrected chi connectivity index (χ1v) is 10.5. The summed E-state index contributed by atoms with van der Waals surface area (Å²) in [5.41, 5.74) is 4.24. The van der Waals surface area contributed by atoms with Gasteiger partial charge in [0.05, 0.1) is 7.11 Å². The Hall–Kier alpha value is -4.30. The molecule has 0 bridgehead atoms. The number of methoxy groups -OCH3 is 1. The van der Waals surface area contributed by atoms with Crippen LogP contribution in [0.4, 0.5) is 5.69 Å². The van der Waals surface area contributed by atoms with Gasteiger partial charge < -0.3 is 14.8 Å². The normalized spacial score (nSPS) is 10.8. The minimum atomic E-state index is -0.477. The van der Waals surface area contributed by atoms with Crippen LogP contribution in [0.15, 0.2) is 85.0 Å². The molecule has 5 nitrogen and oxygen atoms in total. The van der Waals surface area contributed by atoms with Crippen molar-refractivity contribution in [2.24, 2.45) is 0 Å². The van der Waals surface area contributed by atoms with E-state index in [1.807, 2.05) is 61.5 Å². The third-order valence-electron chi connectivity index (χ3n) is 4.95. The molecule has 3 aromatic rings. The summed E-state index contributed by atoms with van der Waals surface area (Å²) in [6.45, 7) is 6.18. The molecule has 0 aliphatic carbocycles. The zero-order chi connectivity index (χ0) is 23.6.